The Balaban J connectivity index is 0.00000256. The maximum atomic E-state index is 12.9. The molecule has 0 radical (unpaired) electrons. The highest BCUT2D eigenvalue weighted by molar-refractivity contribution is 5.96. The highest BCUT2D eigenvalue weighted by atomic mass is 16.5. The minimum atomic E-state index is -1.26. The predicted octanol–water partition coefficient (Wildman–Crippen LogP) is 1.97. The quantitative estimate of drug-likeness (QED) is 0.622. The van der Waals surface area contributed by atoms with E-state index in [0.29, 0.717) is 18.4 Å². The zero-order valence-electron chi connectivity index (χ0n) is 15.7. The first-order chi connectivity index (χ1) is 13.9. The van der Waals surface area contributed by atoms with Crippen molar-refractivity contribution in [2.75, 3.05) is 7.11 Å². The average molecular weight is 411 g/mol. The zero-order valence-corrected chi connectivity index (χ0v) is 15.7. The number of carboxylic acids is 1. The van der Waals surface area contributed by atoms with Gasteiger partial charge >= 0.3 is 11.9 Å². The molecular weight excluding hydrogens is 390 g/mol. The highest BCUT2D eigenvalue weighted by Crippen LogP contribution is 2.35. The van der Waals surface area contributed by atoms with Gasteiger partial charge in [0.25, 0.3) is 11.7 Å². The Morgan fingerprint density at radius 1 is 1.30 bits per heavy atom. The molecule has 4 rings (SSSR count). The summed E-state index contributed by atoms with van der Waals surface area (Å²) in [6.07, 6.45) is 2.67. The van der Waals surface area contributed by atoms with Crippen molar-refractivity contribution in [3.63, 3.8) is 0 Å². The fourth-order valence-corrected chi connectivity index (χ4v) is 3.69. The Morgan fingerprint density at radius 3 is 2.77 bits per heavy atom. The lowest BCUT2D eigenvalue weighted by atomic mass is 9.98. The number of fused-ring (bicyclic) bond motifs is 2. The van der Waals surface area contributed by atoms with E-state index >= 15 is 0 Å². The lowest BCUT2D eigenvalue weighted by Gasteiger charge is -2.16. The first-order valence-electron chi connectivity index (χ1n) is 8.86. The molecule has 156 valence electrons. The van der Waals surface area contributed by atoms with Crippen LogP contribution in [0.25, 0.3) is 5.78 Å². The third-order valence-corrected chi connectivity index (χ3v) is 5.14. The van der Waals surface area contributed by atoms with Gasteiger partial charge in [0.15, 0.2) is 5.69 Å². The van der Waals surface area contributed by atoms with Gasteiger partial charge in [-0.2, -0.15) is 0 Å². The smallest absolute Gasteiger partial charge is 0.354 e. The largest absolute Gasteiger partial charge is 0.477 e. The molecule has 3 aromatic rings. The number of nitrogens with zero attached hydrogens (tertiary/aromatic N) is 4. The lowest BCUT2D eigenvalue weighted by molar-refractivity contribution is 0.0598. The van der Waals surface area contributed by atoms with Gasteiger partial charge in [0, 0.05) is 6.07 Å². The number of carbonyl (C=O) groups is 3. The number of hydrogen-bond donors (Lipinski definition) is 2. The van der Waals surface area contributed by atoms with E-state index < -0.39 is 17.8 Å². The summed E-state index contributed by atoms with van der Waals surface area (Å²) >= 11 is 0. The summed E-state index contributed by atoms with van der Waals surface area (Å²) in [6, 6.07) is 4.43. The number of rotatable bonds is 4. The molecule has 10 heteroatoms. The summed E-state index contributed by atoms with van der Waals surface area (Å²) in [7, 11) is 1.34. The number of aromatic carboxylic acids is 1. The maximum Gasteiger partial charge on any atom is 0.354 e. The molecule has 0 unspecified atom stereocenters. The van der Waals surface area contributed by atoms with Crippen molar-refractivity contribution in [3.8, 4) is 0 Å². The molecule has 1 amide bonds. The third-order valence-electron chi connectivity index (χ3n) is 5.14. The van der Waals surface area contributed by atoms with Gasteiger partial charge in [0.05, 0.1) is 18.7 Å². The Hall–Kier alpha value is -3.82. The number of nitrogens with one attached hydrogen (secondary N) is 1. The number of carboxylic acid groups (broad SMARTS) is 1. The van der Waals surface area contributed by atoms with Gasteiger partial charge in [-0.05, 0) is 42.5 Å². The summed E-state index contributed by atoms with van der Waals surface area (Å²) in [6.45, 7) is 1.86. The van der Waals surface area contributed by atoms with Crippen LogP contribution in [0.4, 0.5) is 0 Å². The van der Waals surface area contributed by atoms with Gasteiger partial charge in [-0.1, -0.05) is 13.5 Å². The standard InChI is InChI=1S/C19H17N5O5.CH4/c1-9-10-5-6-13(12(10)4-3-11(9)18(28)29-2)21-16(25)15-7-14(17(26)27)22-19-23-20-8-24(15)19;/h3-4,7-8,13H,5-6H2,1-2H3,(H,21,25)(H,26,27);1H4/t13-;/m0./s1. The number of carbonyl (C=O) groups excluding carboxylic acids is 2. The molecule has 1 aromatic carbocycles. The molecule has 2 N–H and O–H groups in total. The molecule has 1 atom stereocenters. The molecular formula is C20H21N5O5. The van der Waals surface area contributed by atoms with E-state index in [1.165, 1.54) is 23.9 Å². The number of ether oxygens (including phenoxy) is 1. The van der Waals surface area contributed by atoms with E-state index in [1.54, 1.807) is 6.07 Å². The summed E-state index contributed by atoms with van der Waals surface area (Å²) in [5, 5.41) is 19.6. The summed E-state index contributed by atoms with van der Waals surface area (Å²) in [4.78, 5) is 40.0. The van der Waals surface area contributed by atoms with Gasteiger partial charge in [0.1, 0.15) is 12.0 Å². The van der Waals surface area contributed by atoms with E-state index in [0.717, 1.165) is 16.7 Å². The fourth-order valence-electron chi connectivity index (χ4n) is 3.69. The molecule has 1 aliphatic rings. The summed E-state index contributed by atoms with van der Waals surface area (Å²) in [5.74, 6) is -2.10. The van der Waals surface area contributed by atoms with Crippen LogP contribution in [0.5, 0.6) is 0 Å². The SMILES string of the molecule is C.COC(=O)c1ccc2c(c1C)CC[C@@H]2NC(=O)c1cc(C(=O)O)nc2nncn12. The number of esters is 1. The Morgan fingerprint density at radius 2 is 2.07 bits per heavy atom. The van der Waals surface area contributed by atoms with Crippen molar-refractivity contribution >= 4 is 23.6 Å². The van der Waals surface area contributed by atoms with Crippen LogP contribution in [0.2, 0.25) is 0 Å². The molecule has 1 aliphatic carbocycles. The highest BCUT2D eigenvalue weighted by Gasteiger charge is 2.29. The maximum absolute atomic E-state index is 12.9. The number of aromatic nitrogens is 4. The molecule has 0 saturated carbocycles. The molecule has 10 nitrogen and oxygen atoms in total. The van der Waals surface area contributed by atoms with E-state index in [4.69, 9.17) is 4.74 Å². The van der Waals surface area contributed by atoms with Gasteiger partial charge in [0.2, 0.25) is 0 Å². The summed E-state index contributed by atoms with van der Waals surface area (Å²) in [5.41, 5.74) is 3.06. The van der Waals surface area contributed by atoms with Crippen LogP contribution in [0.3, 0.4) is 0 Å². The van der Waals surface area contributed by atoms with E-state index in [1.807, 2.05) is 13.0 Å². The first kappa shape index (κ1) is 20.9. The van der Waals surface area contributed by atoms with Crippen molar-refractivity contribution in [1.82, 2.24) is 24.9 Å². The normalized spacial score (nSPS) is 14.7. The molecule has 0 fully saturated rings. The molecule has 0 aliphatic heterocycles. The Bertz CT molecular complexity index is 1170. The molecule has 2 heterocycles. The van der Waals surface area contributed by atoms with E-state index in [-0.39, 0.29) is 30.6 Å². The van der Waals surface area contributed by atoms with Crippen LogP contribution in [0.1, 0.15) is 67.9 Å². The fraction of sp³-hybridized carbons (Fsp3) is 0.300. The zero-order chi connectivity index (χ0) is 20.7. The van der Waals surface area contributed by atoms with Crippen LogP contribution < -0.4 is 5.32 Å². The predicted molar refractivity (Wildman–Crippen MR) is 106 cm³/mol. The summed E-state index contributed by atoms with van der Waals surface area (Å²) < 4.78 is 6.15. The number of benzene rings is 1. The second-order valence-electron chi connectivity index (χ2n) is 6.69. The topological polar surface area (TPSA) is 136 Å². The number of hydrogen-bond acceptors (Lipinski definition) is 7. The second kappa shape index (κ2) is 7.90. The minimum Gasteiger partial charge on any atom is -0.477 e. The van der Waals surface area contributed by atoms with Gasteiger partial charge in [-0.15, -0.1) is 10.2 Å². The van der Waals surface area contributed by atoms with Crippen molar-refractivity contribution in [2.24, 2.45) is 0 Å². The van der Waals surface area contributed by atoms with E-state index in [2.05, 4.69) is 20.5 Å². The Labute approximate surface area is 171 Å². The van der Waals surface area contributed by atoms with Crippen LogP contribution in [-0.4, -0.2) is 49.6 Å². The molecule has 0 bridgehead atoms. The van der Waals surface area contributed by atoms with Crippen LogP contribution in [0.15, 0.2) is 24.5 Å². The monoisotopic (exact) mass is 411 g/mol. The number of methoxy groups -OCH3 is 1. The number of amides is 1. The lowest BCUT2D eigenvalue weighted by Crippen LogP contribution is -2.29. The van der Waals surface area contributed by atoms with Gasteiger partial charge in [-0.3, -0.25) is 9.20 Å². The Kier molecular flexibility index (Phi) is 5.50. The van der Waals surface area contributed by atoms with E-state index in [9.17, 15) is 19.5 Å². The van der Waals surface area contributed by atoms with Crippen molar-refractivity contribution in [2.45, 2.75) is 33.2 Å². The third kappa shape index (κ3) is 3.36. The van der Waals surface area contributed by atoms with Crippen LogP contribution in [-0.2, 0) is 11.2 Å². The van der Waals surface area contributed by atoms with Crippen molar-refractivity contribution in [1.29, 1.82) is 0 Å². The van der Waals surface area contributed by atoms with Gasteiger partial charge < -0.3 is 15.2 Å². The first-order valence-corrected chi connectivity index (χ1v) is 8.86. The molecule has 0 saturated heterocycles. The van der Waals surface area contributed by atoms with Crippen LogP contribution in [0, 0.1) is 6.92 Å². The van der Waals surface area contributed by atoms with Crippen molar-refractivity contribution < 1.29 is 24.2 Å². The van der Waals surface area contributed by atoms with Crippen molar-refractivity contribution in [3.05, 3.63) is 58.2 Å². The van der Waals surface area contributed by atoms with Crippen LogP contribution >= 0.6 is 0 Å². The molecule has 30 heavy (non-hydrogen) atoms. The second-order valence-corrected chi connectivity index (χ2v) is 6.69. The van der Waals surface area contributed by atoms with Gasteiger partial charge in [-0.25, -0.2) is 14.6 Å². The molecule has 0 spiro atoms. The minimum absolute atomic E-state index is 0. The average Bonchev–Trinajstić information content (AvgIpc) is 3.34. The molecule has 2 aromatic heterocycles.